The summed E-state index contributed by atoms with van der Waals surface area (Å²) < 4.78 is 12.0. The quantitative estimate of drug-likeness (QED) is 0.416. The topological polar surface area (TPSA) is 99.5 Å². The van der Waals surface area contributed by atoms with Crippen LogP contribution in [0.15, 0.2) is 70.8 Å². The summed E-state index contributed by atoms with van der Waals surface area (Å²) >= 11 is 1.13. The molecule has 168 valence electrons. The number of hydrogen-bond donors (Lipinski definition) is 1. The Morgan fingerprint density at radius 2 is 1.76 bits per heavy atom. The van der Waals surface area contributed by atoms with Gasteiger partial charge in [0.15, 0.2) is 11.8 Å². The van der Waals surface area contributed by atoms with Gasteiger partial charge in [-0.05, 0) is 38.1 Å². The Labute approximate surface area is 193 Å². The molecule has 0 aliphatic heterocycles. The van der Waals surface area contributed by atoms with Crippen LogP contribution in [0.4, 0.5) is 5.00 Å². The lowest BCUT2D eigenvalue weighted by Gasteiger charge is -2.14. The van der Waals surface area contributed by atoms with Crippen molar-refractivity contribution in [2.75, 3.05) is 11.9 Å². The van der Waals surface area contributed by atoms with Crippen molar-refractivity contribution in [1.29, 1.82) is 0 Å². The smallest absolute Gasteiger partial charge is 0.359 e. The second kappa shape index (κ2) is 9.66. The van der Waals surface area contributed by atoms with Gasteiger partial charge >= 0.3 is 5.97 Å². The largest absolute Gasteiger partial charge is 0.481 e. The molecular formula is C24H21N3O5S. The molecule has 0 bridgehead atoms. The van der Waals surface area contributed by atoms with E-state index in [9.17, 15) is 14.4 Å². The number of amides is 1. The summed E-state index contributed by atoms with van der Waals surface area (Å²) in [6.07, 6.45) is -0.813. The number of para-hydroxylation sites is 2. The second-order valence-electron chi connectivity index (χ2n) is 7.04. The number of nitrogens with zero attached hydrogens (tertiary/aromatic N) is 2. The summed E-state index contributed by atoms with van der Waals surface area (Å²) in [7, 11) is 0. The Kier molecular flexibility index (Phi) is 6.50. The number of benzene rings is 2. The van der Waals surface area contributed by atoms with Crippen LogP contribution in [0.1, 0.15) is 24.3 Å². The first-order valence-corrected chi connectivity index (χ1v) is 11.2. The van der Waals surface area contributed by atoms with Gasteiger partial charge in [0, 0.05) is 10.8 Å². The summed E-state index contributed by atoms with van der Waals surface area (Å²) in [6.45, 7) is 3.47. The van der Waals surface area contributed by atoms with Crippen LogP contribution in [0.25, 0.3) is 16.5 Å². The molecular weight excluding hydrogens is 442 g/mol. The highest BCUT2D eigenvalue weighted by atomic mass is 32.1. The van der Waals surface area contributed by atoms with Gasteiger partial charge in [-0.3, -0.25) is 9.59 Å². The first kappa shape index (κ1) is 22.2. The minimum Gasteiger partial charge on any atom is -0.481 e. The van der Waals surface area contributed by atoms with Crippen LogP contribution < -0.4 is 15.6 Å². The molecule has 9 heteroatoms. The Morgan fingerprint density at radius 3 is 2.42 bits per heavy atom. The number of ether oxygens (including phenoxy) is 2. The molecule has 1 atom stereocenters. The minimum absolute atomic E-state index is 0.000589. The van der Waals surface area contributed by atoms with Gasteiger partial charge in [0.2, 0.25) is 0 Å². The van der Waals surface area contributed by atoms with E-state index < -0.39 is 23.5 Å². The maximum atomic E-state index is 13.4. The highest BCUT2D eigenvalue weighted by Gasteiger charge is 2.24. The molecule has 4 aromatic rings. The number of anilines is 1. The van der Waals surface area contributed by atoms with E-state index in [1.54, 1.807) is 55.6 Å². The molecule has 8 nitrogen and oxygen atoms in total. The molecule has 0 aliphatic carbocycles. The van der Waals surface area contributed by atoms with Crippen LogP contribution >= 0.6 is 11.3 Å². The molecule has 2 aromatic heterocycles. The predicted octanol–water partition coefficient (Wildman–Crippen LogP) is 4.03. The molecule has 0 radical (unpaired) electrons. The highest BCUT2D eigenvalue weighted by molar-refractivity contribution is 7.16. The van der Waals surface area contributed by atoms with E-state index in [2.05, 4.69) is 10.4 Å². The van der Waals surface area contributed by atoms with Gasteiger partial charge in [-0.2, -0.15) is 9.78 Å². The summed E-state index contributed by atoms with van der Waals surface area (Å²) in [5.41, 5.74) is 0.0252. The highest BCUT2D eigenvalue weighted by Crippen LogP contribution is 2.31. The van der Waals surface area contributed by atoms with Crippen LogP contribution in [0, 0.1) is 0 Å². The van der Waals surface area contributed by atoms with E-state index >= 15 is 0 Å². The van der Waals surface area contributed by atoms with E-state index in [0.29, 0.717) is 21.8 Å². The van der Waals surface area contributed by atoms with Crippen molar-refractivity contribution < 1.29 is 19.1 Å². The Hall–Kier alpha value is -3.98. The van der Waals surface area contributed by atoms with E-state index in [1.165, 1.54) is 0 Å². The molecule has 0 saturated heterocycles. The number of esters is 1. The van der Waals surface area contributed by atoms with Crippen molar-refractivity contribution in [1.82, 2.24) is 9.78 Å². The SMILES string of the molecule is CCOC(=O)c1nn(-c2ccccc2)c(=O)c2c(NC(=O)[C@@H](C)Oc3ccccc3)scc12. The van der Waals surface area contributed by atoms with Crippen molar-refractivity contribution in [2.24, 2.45) is 0 Å². The molecule has 2 aromatic carbocycles. The van der Waals surface area contributed by atoms with Crippen molar-refractivity contribution in [3.8, 4) is 11.4 Å². The maximum absolute atomic E-state index is 13.4. The number of nitrogens with one attached hydrogen (secondary N) is 1. The molecule has 0 spiro atoms. The van der Waals surface area contributed by atoms with Crippen LogP contribution in [-0.2, 0) is 9.53 Å². The molecule has 0 aliphatic rings. The van der Waals surface area contributed by atoms with Gasteiger partial charge in [0.05, 0.1) is 17.7 Å². The summed E-state index contributed by atoms with van der Waals surface area (Å²) in [4.78, 5) is 38.8. The summed E-state index contributed by atoms with van der Waals surface area (Å²) in [6, 6.07) is 17.7. The predicted molar refractivity (Wildman–Crippen MR) is 126 cm³/mol. The second-order valence-corrected chi connectivity index (χ2v) is 7.92. The summed E-state index contributed by atoms with van der Waals surface area (Å²) in [5, 5.41) is 9.46. The molecule has 1 amide bonds. The number of fused-ring (bicyclic) bond motifs is 1. The zero-order valence-corrected chi connectivity index (χ0v) is 18.8. The normalized spacial score (nSPS) is 11.7. The van der Waals surface area contributed by atoms with Crippen molar-refractivity contribution in [3.05, 3.63) is 82.1 Å². The molecule has 4 rings (SSSR count). The first-order valence-electron chi connectivity index (χ1n) is 10.3. The average Bonchev–Trinajstić information content (AvgIpc) is 3.24. The zero-order chi connectivity index (χ0) is 23.4. The van der Waals surface area contributed by atoms with Crippen molar-refractivity contribution in [2.45, 2.75) is 20.0 Å². The lowest BCUT2D eigenvalue weighted by molar-refractivity contribution is -0.122. The van der Waals surface area contributed by atoms with Crippen molar-refractivity contribution >= 4 is 39.0 Å². The molecule has 0 unspecified atom stereocenters. The van der Waals surface area contributed by atoms with E-state index in [0.717, 1.165) is 16.0 Å². The number of carbonyl (C=O) groups excluding carboxylic acids is 2. The molecule has 2 heterocycles. The fraction of sp³-hybridized carbons (Fsp3) is 0.167. The van der Waals surface area contributed by atoms with E-state index in [-0.39, 0.29) is 17.7 Å². The van der Waals surface area contributed by atoms with Gasteiger partial charge < -0.3 is 14.8 Å². The molecule has 0 fully saturated rings. The summed E-state index contributed by atoms with van der Waals surface area (Å²) in [5.74, 6) is -0.525. The molecule has 33 heavy (non-hydrogen) atoms. The number of hydrogen-bond acceptors (Lipinski definition) is 7. The van der Waals surface area contributed by atoms with Crippen LogP contribution in [0.5, 0.6) is 5.75 Å². The third kappa shape index (κ3) is 4.63. The number of thiophene rings is 1. The van der Waals surface area contributed by atoms with Gasteiger partial charge in [0.1, 0.15) is 10.8 Å². The van der Waals surface area contributed by atoms with Crippen LogP contribution in [0.2, 0.25) is 0 Å². The Bertz CT molecular complexity index is 1350. The standard InChI is InChI=1S/C24H21N3O5S/c1-3-31-24(30)20-18-14-33-22(25-21(28)15(2)32-17-12-8-5-9-13-17)19(18)23(29)27(26-20)16-10-6-4-7-11-16/h4-15H,3H2,1-2H3,(H,25,28)/t15-/m1/s1. The van der Waals surface area contributed by atoms with Crippen LogP contribution in [-0.4, -0.2) is 34.4 Å². The first-order chi connectivity index (χ1) is 16.0. The van der Waals surface area contributed by atoms with Gasteiger partial charge in [-0.25, -0.2) is 4.79 Å². The maximum Gasteiger partial charge on any atom is 0.359 e. The lowest BCUT2D eigenvalue weighted by atomic mass is 10.2. The third-order valence-corrected chi connectivity index (χ3v) is 5.68. The molecule has 1 N–H and O–H groups in total. The van der Waals surface area contributed by atoms with E-state index in [1.807, 2.05) is 24.3 Å². The van der Waals surface area contributed by atoms with Gasteiger partial charge in [0.25, 0.3) is 11.5 Å². The van der Waals surface area contributed by atoms with Gasteiger partial charge in [-0.15, -0.1) is 11.3 Å². The fourth-order valence-electron chi connectivity index (χ4n) is 3.21. The van der Waals surface area contributed by atoms with E-state index in [4.69, 9.17) is 9.47 Å². The third-order valence-electron chi connectivity index (χ3n) is 4.78. The number of aromatic nitrogens is 2. The number of rotatable bonds is 7. The number of carbonyl (C=O) groups is 2. The van der Waals surface area contributed by atoms with Gasteiger partial charge in [-0.1, -0.05) is 36.4 Å². The Balaban J connectivity index is 1.75. The fourth-order valence-corrected chi connectivity index (χ4v) is 4.15. The van der Waals surface area contributed by atoms with Crippen molar-refractivity contribution in [3.63, 3.8) is 0 Å². The zero-order valence-electron chi connectivity index (χ0n) is 18.0. The lowest BCUT2D eigenvalue weighted by Crippen LogP contribution is -2.31. The minimum atomic E-state index is -0.813. The monoisotopic (exact) mass is 463 g/mol. The Morgan fingerprint density at radius 1 is 1.09 bits per heavy atom. The van der Waals surface area contributed by atoms with Crippen LogP contribution in [0.3, 0.4) is 0 Å². The average molecular weight is 464 g/mol. The molecule has 0 saturated carbocycles.